The molecule has 1 nitrogen and oxygen atoms in total. The average Bonchev–Trinajstić information content (AvgIpc) is 2.56. The number of hydrogen-bond donors (Lipinski definition) is 1. The summed E-state index contributed by atoms with van der Waals surface area (Å²) in [6.07, 6.45) is 7.77. The number of rotatable bonds is 3. The van der Waals surface area contributed by atoms with E-state index in [4.69, 9.17) is 17.3 Å². The normalized spacial score (nSPS) is 25.5. The third-order valence-electron chi connectivity index (χ3n) is 4.00. The molecule has 0 radical (unpaired) electrons. The quantitative estimate of drug-likeness (QED) is 0.794. The first-order valence-corrected chi connectivity index (χ1v) is 7.15. The summed E-state index contributed by atoms with van der Waals surface area (Å²) in [6.45, 7) is 0.797. The molecule has 2 N–H and O–H groups in total. The van der Waals surface area contributed by atoms with Crippen LogP contribution in [-0.4, -0.2) is 6.54 Å². The molecule has 0 aliphatic heterocycles. The van der Waals surface area contributed by atoms with Gasteiger partial charge in [0.15, 0.2) is 0 Å². The van der Waals surface area contributed by atoms with Crippen molar-refractivity contribution in [2.75, 3.05) is 6.54 Å². The van der Waals surface area contributed by atoms with Crippen LogP contribution < -0.4 is 5.73 Å². The molecule has 2 unspecified atom stereocenters. The van der Waals surface area contributed by atoms with Crippen LogP contribution in [0.4, 0.5) is 0 Å². The summed E-state index contributed by atoms with van der Waals surface area (Å²) < 4.78 is 0. The third kappa shape index (κ3) is 3.23. The lowest BCUT2D eigenvalue weighted by Crippen LogP contribution is -2.16. The predicted octanol–water partition coefficient (Wildman–Crippen LogP) is 4.35. The summed E-state index contributed by atoms with van der Waals surface area (Å²) in [5.41, 5.74) is 7.10. The molecular weight excluding hydrogens is 230 g/mol. The highest BCUT2D eigenvalue weighted by atomic mass is 35.5. The monoisotopic (exact) mass is 251 g/mol. The van der Waals surface area contributed by atoms with E-state index in [1.54, 1.807) is 0 Å². The molecule has 1 aromatic rings. The van der Waals surface area contributed by atoms with Gasteiger partial charge < -0.3 is 5.73 Å². The molecule has 0 spiro atoms. The molecule has 2 rings (SSSR count). The van der Waals surface area contributed by atoms with Crippen molar-refractivity contribution < 1.29 is 0 Å². The minimum absolute atomic E-state index is 0.620. The Balaban J connectivity index is 2.22. The molecule has 0 saturated heterocycles. The third-order valence-corrected chi connectivity index (χ3v) is 4.35. The molecule has 1 aromatic carbocycles. The van der Waals surface area contributed by atoms with Gasteiger partial charge in [-0.15, -0.1) is 0 Å². The summed E-state index contributed by atoms with van der Waals surface area (Å²) in [7, 11) is 0. The van der Waals surface area contributed by atoms with E-state index in [2.05, 4.69) is 12.1 Å². The van der Waals surface area contributed by atoms with Gasteiger partial charge in [-0.3, -0.25) is 0 Å². The molecule has 2 atom stereocenters. The van der Waals surface area contributed by atoms with Crippen molar-refractivity contribution in [1.29, 1.82) is 0 Å². The van der Waals surface area contributed by atoms with Crippen LogP contribution in [0.25, 0.3) is 0 Å². The fourth-order valence-corrected chi connectivity index (χ4v) is 3.41. The second-order valence-corrected chi connectivity index (χ2v) is 5.51. The van der Waals surface area contributed by atoms with Crippen LogP contribution >= 0.6 is 11.6 Å². The van der Waals surface area contributed by atoms with E-state index in [-0.39, 0.29) is 0 Å². The van der Waals surface area contributed by atoms with Crippen LogP contribution in [0.1, 0.15) is 50.0 Å². The number of hydrogen-bond acceptors (Lipinski definition) is 1. The van der Waals surface area contributed by atoms with Crippen molar-refractivity contribution in [3.63, 3.8) is 0 Å². The van der Waals surface area contributed by atoms with Gasteiger partial charge >= 0.3 is 0 Å². The van der Waals surface area contributed by atoms with E-state index < -0.39 is 0 Å². The lowest BCUT2D eigenvalue weighted by molar-refractivity contribution is 0.378. The Morgan fingerprint density at radius 3 is 2.65 bits per heavy atom. The summed E-state index contributed by atoms with van der Waals surface area (Å²) in [4.78, 5) is 0. The molecule has 0 heterocycles. The van der Waals surface area contributed by atoms with Crippen molar-refractivity contribution in [3.05, 3.63) is 34.9 Å². The Kier molecular flexibility index (Phi) is 4.87. The smallest absolute Gasteiger partial charge is 0.0440 e. The topological polar surface area (TPSA) is 26.0 Å². The molecule has 1 aliphatic carbocycles. The fraction of sp³-hybridized carbons (Fsp3) is 0.600. The number of halogens is 1. The lowest BCUT2D eigenvalue weighted by atomic mass is 9.80. The van der Waals surface area contributed by atoms with Gasteiger partial charge in [0.2, 0.25) is 0 Å². The molecule has 0 aromatic heterocycles. The zero-order valence-electron chi connectivity index (χ0n) is 10.4. The van der Waals surface area contributed by atoms with Crippen molar-refractivity contribution in [2.45, 2.75) is 44.4 Å². The van der Waals surface area contributed by atoms with Gasteiger partial charge in [0.05, 0.1) is 0 Å². The lowest BCUT2D eigenvalue weighted by Gasteiger charge is -2.26. The highest BCUT2D eigenvalue weighted by Crippen LogP contribution is 2.40. The highest BCUT2D eigenvalue weighted by Gasteiger charge is 2.25. The first kappa shape index (κ1) is 12.9. The second-order valence-electron chi connectivity index (χ2n) is 5.10. The number of benzene rings is 1. The van der Waals surface area contributed by atoms with Crippen LogP contribution in [0, 0.1) is 5.92 Å². The van der Waals surface area contributed by atoms with Crippen molar-refractivity contribution in [3.8, 4) is 0 Å². The zero-order chi connectivity index (χ0) is 12.1. The van der Waals surface area contributed by atoms with Gasteiger partial charge in [0.25, 0.3) is 0 Å². The molecule has 1 fully saturated rings. The molecule has 94 valence electrons. The van der Waals surface area contributed by atoms with E-state index >= 15 is 0 Å². The zero-order valence-corrected chi connectivity index (χ0v) is 11.1. The van der Waals surface area contributed by atoms with Crippen LogP contribution in [0.5, 0.6) is 0 Å². The minimum Gasteiger partial charge on any atom is -0.330 e. The van der Waals surface area contributed by atoms with E-state index in [1.807, 2.05) is 12.1 Å². The summed E-state index contributed by atoms with van der Waals surface area (Å²) in [5, 5.41) is 0.932. The molecular formula is C15H22ClN. The maximum absolute atomic E-state index is 6.35. The van der Waals surface area contributed by atoms with Gasteiger partial charge in [-0.05, 0) is 49.3 Å². The van der Waals surface area contributed by atoms with Crippen LogP contribution in [0.2, 0.25) is 5.02 Å². The molecule has 1 aliphatic rings. The van der Waals surface area contributed by atoms with E-state index in [1.165, 1.54) is 37.7 Å². The SMILES string of the molecule is NCCC1CCCCCC1c1ccccc1Cl. The van der Waals surface area contributed by atoms with Gasteiger partial charge in [0, 0.05) is 5.02 Å². The maximum atomic E-state index is 6.35. The minimum atomic E-state index is 0.620. The molecule has 0 bridgehead atoms. The fourth-order valence-electron chi connectivity index (χ4n) is 3.13. The Morgan fingerprint density at radius 2 is 1.88 bits per heavy atom. The Hall–Kier alpha value is -0.530. The molecule has 0 amide bonds. The average molecular weight is 252 g/mol. The van der Waals surface area contributed by atoms with Crippen molar-refractivity contribution in [1.82, 2.24) is 0 Å². The molecule has 1 saturated carbocycles. The van der Waals surface area contributed by atoms with Crippen LogP contribution in [0.3, 0.4) is 0 Å². The van der Waals surface area contributed by atoms with E-state index in [9.17, 15) is 0 Å². The standard InChI is InChI=1S/C15H22ClN/c16-15-9-5-4-8-14(15)13-7-3-1-2-6-12(13)10-11-17/h4-5,8-9,12-13H,1-3,6-7,10-11,17H2. The summed E-state index contributed by atoms with van der Waals surface area (Å²) >= 11 is 6.35. The van der Waals surface area contributed by atoms with Gasteiger partial charge in [-0.1, -0.05) is 49.1 Å². The first-order chi connectivity index (χ1) is 8.33. The Morgan fingerprint density at radius 1 is 1.12 bits per heavy atom. The summed E-state index contributed by atoms with van der Waals surface area (Å²) in [6, 6.07) is 8.33. The summed E-state index contributed by atoms with van der Waals surface area (Å²) in [5.74, 6) is 1.34. The molecule has 2 heteroatoms. The van der Waals surface area contributed by atoms with Crippen molar-refractivity contribution in [2.24, 2.45) is 11.7 Å². The van der Waals surface area contributed by atoms with Gasteiger partial charge in [-0.2, -0.15) is 0 Å². The van der Waals surface area contributed by atoms with Gasteiger partial charge in [0.1, 0.15) is 0 Å². The number of nitrogens with two attached hydrogens (primary N) is 1. The van der Waals surface area contributed by atoms with E-state index in [0.29, 0.717) is 5.92 Å². The van der Waals surface area contributed by atoms with E-state index in [0.717, 1.165) is 23.9 Å². The Labute approximate surface area is 109 Å². The highest BCUT2D eigenvalue weighted by molar-refractivity contribution is 6.31. The predicted molar refractivity (Wildman–Crippen MR) is 74.4 cm³/mol. The van der Waals surface area contributed by atoms with Crippen LogP contribution in [-0.2, 0) is 0 Å². The Bertz CT molecular complexity index is 351. The molecule has 17 heavy (non-hydrogen) atoms. The van der Waals surface area contributed by atoms with Gasteiger partial charge in [-0.25, -0.2) is 0 Å². The first-order valence-electron chi connectivity index (χ1n) is 6.77. The van der Waals surface area contributed by atoms with Crippen LogP contribution in [0.15, 0.2) is 24.3 Å². The largest absolute Gasteiger partial charge is 0.330 e. The van der Waals surface area contributed by atoms with Crippen molar-refractivity contribution >= 4 is 11.6 Å². The maximum Gasteiger partial charge on any atom is 0.0440 e. The second kappa shape index (κ2) is 6.42.